The van der Waals surface area contributed by atoms with E-state index in [0.717, 1.165) is 12.8 Å². The van der Waals surface area contributed by atoms with E-state index < -0.39 is 5.82 Å². The molecule has 0 atom stereocenters. The predicted octanol–water partition coefficient (Wildman–Crippen LogP) is 1.62. The van der Waals surface area contributed by atoms with Gasteiger partial charge in [0.2, 0.25) is 0 Å². The molecular formula is C13H17FN2O3. The first-order valence-electron chi connectivity index (χ1n) is 6.17. The Labute approximate surface area is 110 Å². The van der Waals surface area contributed by atoms with Crippen LogP contribution in [0.4, 0.5) is 4.39 Å². The van der Waals surface area contributed by atoms with Gasteiger partial charge >= 0.3 is 0 Å². The van der Waals surface area contributed by atoms with Gasteiger partial charge < -0.3 is 20.4 Å². The highest BCUT2D eigenvalue weighted by Crippen LogP contribution is 2.17. The molecule has 104 valence electrons. The topological polar surface area (TPSA) is 77.1 Å². The normalized spacial score (nSPS) is 17.6. The van der Waals surface area contributed by atoms with Gasteiger partial charge in [-0.15, -0.1) is 0 Å². The van der Waals surface area contributed by atoms with Gasteiger partial charge in [0.25, 0.3) is 0 Å². The number of nitrogens with two attached hydrogens (primary N) is 1. The number of halogens is 1. The van der Waals surface area contributed by atoms with E-state index in [2.05, 4.69) is 5.16 Å². The Morgan fingerprint density at radius 1 is 1.47 bits per heavy atom. The van der Waals surface area contributed by atoms with Crippen LogP contribution in [0, 0.1) is 5.82 Å². The smallest absolute Gasteiger partial charge is 0.173 e. The SMILES string of the molecule is N/C(=N/O)c1cccc(COC2CCOCC2)c1F. The molecule has 1 aliphatic rings. The van der Waals surface area contributed by atoms with Crippen molar-refractivity contribution in [2.24, 2.45) is 10.9 Å². The summed E-state index contributed by atoms with van der Waals surface area (Å²) in [6.07, 6.45) is 1.74. The predicted molar refractivity (Wildman–Crippen MR) is 67.5 cm³/mol. The third-order valence-electron chi connectivity index (χ3n) is 3.11. The molecule has 0 aromatic heterocycles. The van der Waals surface area contributed by atoms with E-state index in [-0.39, 0.29) is 24.1 Å². The van der Waals surface area contributed by atoms with E-state index in [9.17, 15) is 4.39 Å². The maximum absolute atomic E-state index is 14.1. The van der Waals surface area contributed by atoms with Crippen molar-refractivity contribution in [3.8, 4) is 0 Å². The number of benzene rings is 1. The highest BCUT2D eigenvalue weighted by atomic mass is 19.1. The molecule has 1 aliphatic heterocycles. The van der Waals surface area contributed by atoms with Crippen LogP contribution >= 0.6 is 0 Å². The van der Waals surface area contributed by atoms with E-state index in [0.29, 0.717) is 18.8 Å². The molecule has 0 amide bonds. The van der Waals surface area contributed by atoms with Gasteiger partial charge in [-0.1, -0.05) is 17.3 Å². The summed E-state index contributed by atoms with van der Waals surface area (Å²) in [4.78, 5) is 0. The fourth-order valence-electron chi connectivity index (χ4n) is 1.99. The van der Waals surface area contributed by atoms with Gasteiger partial charge in [-0.05, 0) is 18.9 Å². The summed E-state index contributed by atoms with van der Waals surface area (Å²) in [5, 5.41) is 11.4. The van der Waals surface area contributed by atoms with Gasteiger partial charge in [0.1, 0.15) is 5.82 Å². The van der Waals surface area contributed by atoms with Crippen molar-refractivity contribution in [3.05, 3.63) is 35.1 Å². The summed E-state index contributed by atoms with van der Waals surface area (Å²) in [5.41, 5.74) is 5.88. The van der Waals surface area contributed by atoms with E-state index in [1.54, 1.807) is 12.1 Å². The summed E-state index contributed by atoms with van der Waals surface area (Å²) < 4.78 is 25.0. The van der Waals surface area contributed by atoms with Gasteiger partial charge in [-0.2, -0.15) is 0 Å². The lowest BCUT2D eigenvalue weighted by Gasteiger charge is -2.22. The number of ether oxygens (including phenoxy) is 2. The van der Waals surface area contributed by atoms with Crippen LogP contribution in [0.2, 0.25) is 0 Å². The van der Waals surface area contributed by atoms with Crippen molar-refractivity contribution in [2.75, 3.05) is 13.2 Å². The molecule has 1 aromatic carbocycles. The Bertz CT molecular complexity index is 459. The van der Waals surface area contributed by atoms with Crippen molar-refractivity contribution in [1.82, 2.24) is 0 Å². The van der Waals surface area contributed by atoms with Crippen LogP contribution in [0.1, 0.15) is 24.0 Å². The highest BCUT2D eigenvalue weighted by Gasteiger charge is 2.16. The molecule has 6 heteroatoms. The molecule has 2 rings (SSSR count). The zero-order valence-corrected chi connectivity index (χ0v) is 10.5. The van der Waals surface area contributed by atoms with Crippen LogP contribution in [0.25, 0.3) is 0 Å². The Balaban J connectivity index is 2.04. The summed E-state index contributed by atoms with van der Waals surface area (Å²) in [6.45, 7) is 1.53. The Hall–Kier alpha value is -1.66. The summed E-state index contributed by atoms with van der Waals surface area (Å²) in [6, 6.07) is 4.74. The molecule has 0 saturated carbocycles. The maximum Gasteiger partial charge on any atom is 0.173 e. The number of hydrogen-bond acceptors (Lipinski definition) is 4. The molecule has 3 N–H and O–H groups in total. The van der Waals surface area contributed by atoms with Crippen LogP contribution in [0.5, 0.6) is 0 Å². The second-order valence-corrected chi connectivity index (χ2v) is 4.39. The molecule has 1 aromatic rings. The van der Waals surface area contributed by atoms with Crippen molar-refractivity contribution in [1.29, 1.82) is 0 Å². The minimum absolute atomic E-state index is 0.0792. The van der Waals surface area contributed by atoms with Gasteiger partial charge in [0.15, 0.2) is 5.84 Å². The van der Waals surface area contributed by atoms with Crippen LogP contribution in [0.3, 0.4) is 0 Å². The first kappa shape index (κ1) is 13.8. The van der Waals surface area contributed by atoms with Crippen molar-refractivity contribution < 1.29 is 19.1 Å². The highest BCUT2D eigenvalue weighted by molar-refractivity contribution is 5.97. The van der Waals surface area contributed by atoms with Gasteiger partial charge in [0, 0.05) is 18.8 Å². The fraction of sp³-hybridized carbons (Fsp3) is 0.462. The molecule has 0 bridgehead atoms. The number of amidine groups is 1. The van der Waals surface area contributed by atoms with E-state index in [1.807, 2.05) is 0 Å². The largest absolute Gasteiger partial charge is 0.409 e. The van der Waals surface area contributed by atoms with E-state index >= 15 is 0 Å². The first-order chi connectivity index (χ1) is 9.22. The summed E-state index contributed by atoms with van der Waals surface area (Å²) in [5.74, 6) is -0.754. The average Bonchev–Trinajstić information content (AvgIpc) is 2.46. The zero-order valence-electron chi connectivity index (χ0n) is 10.5. The molecule has 0 radical (unpaired) electrons. The van der Waals surface area contributed by atoms with Crippen LogP contribution in [0.15, 0.2) is 23.4 Å². The lowest BCUT2D eigenvalue weighted by Crippen LogP contribution is -2.23. The molecule has 19 heavy (non-hydrogen) atoms. The molecule has 1 saturated heterocycles. The van der Waals surface area contributed by atoms with Gasteiger partial charge in [-0.25, -0.2) is 4.39 Å². The number of rotatable bonds is 4. The second kappa shape index (κ2) is 6.49. The van der Waals surface area contributed by atoms with E-state index in [4.69, 9.17) is 20.4 Å². The van der Waals surface area contributed by atoms with Crippen molar-refractivity contribution >= 4 is 5.84 Å². The first-order valence-corrected chi connectivity index (χ1v) is 6.17. The van der Waals surface area contributed by atoms with Crippen molar-refractivity contribution in [2.45, 2.75) is 25.6 Å². The molecule has 0 spiro atoms. The molecule has 5 nitrogen and oxygen atoms in total. The molecule has 0 aliphatic carbocycles. The zero-order chi connectivity index (χ0) is 13.7. The monoisotopic (exact) mass is 268 g/mol. The Morgan fingerprint density at radius 3 is 2.89 bits per heavy atom. The molecule has 1 heterocycles. The summed E-state index contributed by atoms with van der Waals surface area (Å²) >= 11 is 0. The minimum atomic E-state index is -0.509. The van der Waals surface area contributed by atoms with Crippen LogP contribution < -0.4 is 5.73 Å². The fourth-order valence-corrected chi connectivity index (χ4v) is 1.99. The Morgan fingerprint density at radius 2 is 2.21 bits per heavy atom. The quantitative estimate of drug-likeness (QED) is 0.376. The van der Waals surface area contributed by atoms with E-state index in [1.165, 1.54) is 6.07 Å². The minimum Gasteiger partial charge on any atom is -0.409 e. The second-order valence-electron chi connectivity index (χ2n) is 4.39. The Kier molecular flexibility index (Phi) is 4.70. The maximum atomic E-state index is 14.1. The van der Waals surface area contributed by atoms with Crippen molar-refractivity contribution in [3.63, 3.8) is 0 Å². The van der Waals surface area contributed by atoms with Crippen LogP contribution in [-0.4, -0.2) is 30.4 Å². The third kappa shape index (κ3) is 3.42. The summed E-state index contributed by atoms with van der Waals surface area (Å²) in [7, 11) is 0. The van der Waals surface area contributed by atoms with Crippen LogP contribution in [-0.2, 0) is 16.1 Å². The average molecular weight is 268 g/mol. The standard InChI is InChI=1S/C13H17FN2O3/c14-12-9(2-1-3-11(12)13(15)16-17)8-19-10-4-6-18-7-5-10/h1-3,10,17H,4-8H2,(H2,15,16). The molecule has 1 fully saturated rings. The van der Waals surface area contributed by atoms with Gasteiger partial charge in [0.05, 0.1) is 18.3 Å². The molecule has 0 unspecified atom stereocenters. The molecular weight excluding hydrogens is 251 g/mol. The number of oxime groups is 1. The number of hydrogen-bond donors (Lipinski definition) is 2. The number of nitrogens with zero attached hydrogens (tertiary/aromatic N) is 1. The lowest BCUT2D eigenvalue weighted by molar-refractivity contribution is -0.0397. The third-order valence-corrected chi connectivity index (χ3v) is 3.11. The van der Waals surface area contributed by atoms with Gasteiger partial charge in [-0.3, -0.25) is 0 Å². The lowest BCUT2D eigenvalue weighted by atomic mass is 10.1.